The summed E-state index contributed by atoms with van der Waals surface area (Å²) in [6, 6.07) is 12.1. The summed E-state index contributed by atoms with van der Waals surface area (Å²) in [7, 11) is 3.10. The number of hydrogen-bond donors (Lipinski definition) is 2. The van der Waals surface area contributed by atoms with Crippen molar-refractivity contribution in [2.24, 2.45) is 0 Å². The molecule has 3 aromatic rings. The lowest BCUT2D eigenvalue weighted by Gasteiger charge is -2.11. The molecule has 0 unspecified atom stereocenters. The van der Waals surface area contributed by atoms with E-state index < -0.39 is 11.2 Å². The zero-order valence-corrected chi connectivity index (χ0v) is 15.7. The van der Waals surface area contributed by atoms with Crippen LogP contribution in [0.5, 0.6) is 11.5 Å². The molecule has 28 heavy (non-hydrogen) atoms. The number of H-pyrrole nitrogens is 1. The molecule has 1 amide bonds. The molecule has 0 radical (unpaired) electrons. The van der Waals surface area contributed by atoms with Crippen LogP contribution in [0.15, 0.2) is 52.1 Å². The van der Waals surface area contributed by atoms with Crippen LogP contribution < -0.4 is 26.0 Å². The van der Waals surface area contributed by atoms with Gasteiger partial charge in [0, 0.05) is 31.1 Å². The van der Waals surface area contributed by atoms with Gasteiger partial charge in [-0.2, -0.15) is 0 Å². The van der Waals surface area contributed by atoms with E-state index in [0.29, 0.717) is 22.4 Å². The van der Waals surface area contributed by atoms with Crippen LogP contribution in [0.3, 0.4) is 0 Å². The molecular weight excluding hydrogens is 362 g/mol. The van der Waals surface area contributed by atoms with Gasteiger partial charge in [-0.3, -0.25) is 14.2 Å². The number of ether oxygens (including phenoxy) is 2. The van der Waals surface area contributed by atoms with E-state index in [1.807, 2.05) is 0 Å². The Morgan fingerprint density at radius 1 is 1.11 bits per heavy atom. The molecule has 0 aliphatic carbocycles. The minimum absolute atomic E-state index is 0.000201. The second-order valence-electron chi connectivity index (χ2n) is 6.14. The van der Waals surface area contributed by atoms with Crippen molar-refractivity contribution in [3.05, 3.63) is 68.9 Å². The van der Waals surface area contributed by atoms with Crippen molar-refractivity contribution in [3.8, 4) is 11.5 Å². The van der Waals surface area contributed by atoms with E-state index in [2.05, 4.69) is 10.3 Å². The lowest BCUT2D eigenvalue weighted by atomic mass is 10.2. The summed E-state index contributed by atoms with van der Waals surface area (Å²) in [6.07, 6.45) is -0.000201. The van der Waals surface area contributed by atoms with Crippen molar-refractivity contribution < 1.29 is 14.3 Å². The molecule has 2 aromatic carbocycles. The van der Waals surface area contributed by atoms with Crippen LogP contribution in [0.25, 0.3) is 10.9 Å². The summed E-state index contributed by atoms with van der Waals surface area (Å²) < 4.78 is 11.5. The minimum atomic E-state index is -0.534. The average Bonchev–Trinajstić information content (AvgIpc) is 2.71. The quantitative estimate of drug-likeness (QED) is 0.642. The maximum atomic E-state index is 12.5. The number of nitrogens with zero attached hydrogens (tertiary/aromatic N) is 1. The molecule has 2 N–H and O–H groups in total. The zero-order valence-electron chi connectivity index (χ0n) is 15.7. The standard InChI is InChI=1S/C20H21N3O5/c1-27-14-8-7-13(17(11-14)28-2)12-21-18(24)9-10-23-19(25)15-5-3-4-6-16(15)22-20(23)26/h3-8,11H,9-10,12H2,1-2H3,(H,21,24)(H,22,26). The van der Waals surface area contributed by atoms with E-state index >= 15 is 0 Å². The molecule has 146 valence electrons. The molecule has 1 aromatic heterocycles. The molecular formula is C20H21N3O5. The predicted octanol–water partition coefficient (Wildman–Crippen LogP) is 1.41. The smallest absolute Gasteiger partial charge is 0.328 e. The van der Waals surface area contributed by atoms with Crippen LogP contribution in [0.4, 0.5) is 0 Å². The molecule has 1 heterocycles. The van der Waals surface area contributed by atoms with Crippen molar-refractivity contribution in [2.75, 3.05) is 14.2 Å². The molecule has 8 nitrogen and oxygen atoms in total. The van der Waals surface area contributed by atoms with Gasteiger partial charge in [-0.05, 0) is 24.3 Å². The number of rotatable bonds is 7. The first-order chi connectivity index (χ1) is 13.5. The maximum absolute atomic E-state index is 12.5. The van der Waals surface area contributed by atoms with Gasteiger partial charge >= 0.3 is 5.69 Å². The number of benzene rings is 2. The van der Waals surface area contributed by atoms with Gasteiger partial charge in [-0.1, -0.05) is 12.1 Å². The van der Waals surface area contributed by atoms with Crippen molar-refractivity contribution in [1.29, 1.82) is 0 Å². The summed E-state index contributed by atoms with van der Waals surface area (Å²) >= 11 is 0. The first-order valence-corrected chi connectivity index (χ1v) is 8.73. The van der Waals surface area contributed by atoms with Crippen molar-refractivity contribution >= 4 is 16.8 Å². The lowest BCUT2D eigenvalue weighted by Crippen LogP contribution is -2.36. The number of methoxy groups -OCH3 is 2. The number of para-hydroxylation sites is 1. The SMILES string of the molecule is COc1ccc(CNC(=O)CCn2c(=O)[nH]c3ccccc3c2=O)c(OC)c1. The van der Waals surface area contributed by atoms with Gasteiger partial charge in [0.05, 0.1) is 25.1 Å². The number of hydrogen-bond acceptors (Lipinski definition) is 5. The number of aromatic nitrogens is 2. The van der Waals surface area contributed by atoms with Crippen LogP contribution in [0, 0.1) is 0 Å². The van der Waals surface area contributed by atoms with E-state index in [9.17, 15) is 14.4 Å². The molecule has 0 saturated heterocycles. The first-order valence-electron chi connectivity index (χ1n) is 8.73. The third-order valence-electron chi connectivity index (χ3n) is 4.42. The van der Waals surface area contributed by atoms with Crippen LogP contribution in [-0.4, -0.2) is 29.7 Å². The Bertz CT molecular complexity index is 1120. The monoisotopic (exact) mass is 383 g/mol. The van der Waals surface area contributed by atoms with Gasteiger partial charge in [0.2, 0.25) is 5.91 Å². The normalized spacial score (nSPS) is 10.6. The second kappa shape index (κ2) is 8.43. The predicted molar refractivity (Wildman–Crippen MR) is 105 cm³/mol. The number of fused-ring (bicyclic) bond motifs is 1. The van der Waals surface area contributed by atoms with E-state index in [1.54, 1.807) is 56.7 Å². The molecule has 3 rings (SSSR count). The maximum Gasteiger partial charge on any atom is 0.328 e. The molecule has 0 fully saturated rings. The fourth-order valence-electron chi connectivity index (χ4n) is 2.90. The van der Waals surface area contributed by atoms with Gasteiger partial charge in [-0.25, -0.2) is 4.79 Å². The third kappa shape index (κ3) is 4.06. The van der Waals surface area contributed by atoms with Gasteiger partial charge in [0.1, 0.15) is 11.5 Å². The highest BCUT2D eigenvalue weighted by molar-refractivity contribution is 5.77. The summed E-state index contributed by atoms with van der Waals surface area (Å²) in [4.78, 5) is 39.5. The Morgan fingerprint density at radius 2 is 1.89 bits per heavy atom. The van der Waals surface area contributed by atoms with E-state index in [0.717, 1.165) is 10.1 Å². The summed E-state index contributed by atoms with van der Waals surface area (Å²) in [5.74, 6) is 0.973. The number of carbonyl (C=O) groups excluding carboxylic acids is 1. The molecule has 0 spiro atoms. The molecule has 0 bridgehead atoms. The zero-order chi connectivity index (χ0) is 20.1. The molecule has 8 heteroatoms. The van der Waals surface area contributed by atoms with E-state index in [1.165, 1.54) is 0 Å². The van der Waals surface area contributed by atoms with Crippen LogP contribution in [0.2, 0.25) is 0 Å². The summed E-state index contributed by atoms with van der Waals surface area (Å²) in [5.41, 5.74) is 0.319. The van der Waals surface area contributed by atoms with E-state index in [-0.39, 0.29) is 25.4 Å². The number of aromatic amines is 1. The average molecular weight is 383 g/mol. The fourth-order valence-corrected chi connectivity index (χ4v) is 2.90. The van der Waals surface area contributed by atoms with Gasteiger partial charge in [0.25, 0.3) is 5.56 Å². The van der Waals surface area contributed by atoms with Crippen LogP contribution >= 0.6 is 0 Å². The Kier molecular flexibility index (Phi) is 5.78. The molecule has 0 aliphatic rings. The Morgan fingerprint density at radius 3 is 2.64 bits per heavy atom. The largest absolute Gasteiger partial charge is 0.497 e. The molecule has 0 aliphatic heterocycles. The topological polar surface area (TPSA) is 102 Å². The van der Waals surface area contributed by atoms with Crippen LogP contribution in [-0.2, 0) is 17.9 Å². The minimum Gasteiger partial charge on any atom is -0.497 e. The third-order valence-corrected chi connectivity index (χ3v) is 4.42. The highest BCUT2D eigenvalue weighted by Crippen LogP contribution is 2.24. The number of carbonyl (C=O) groups is 1. The summed E-state index contributed by atoms with van der Waals surface area (Å²) in [5, 5.41) is 3.18. The molecule has 0 saturated carbocycles. The van der Waals surface area contributed by atoms with Crippen molar-refractivity contribution in [1.82, 2.24) is 14.9 Å². The Labute approximate surface area is 160 Å². The van der Waals surface area contributed by atoms with Gasteiger partial charge in [-0.15, -0.1) is 0 Å². The highest BCUT2D eigenvalue weighted by Gasteiger charge is 2.11. The van der Waals surface area contributed by atoms with Gasteiger partial charge < -0.3 is 19.8 Å². The highest BCUT2D eigenvalue weighted by atomic mass is 16.5. The van der Waals surface area contributed by atoms with Gasteiger partial charge in [0.15, 0.2) is 0 Å². The Hall–Kier alpha value is -3.55. The lowest BCUT2D eigenvalue weighted by molar-refractivity contribution is -0.121. The van der Waals surface area contributed by atoms with Crippen LogP contribution in [0.1, 0.15) is 12.0 Å². The fraction of sp³-hybridized carbons (Fsp3) is 0.250. The number of nitrogens with one attached hydrogen (secondary N) is 2. The van der Waals surface area contributed by atoms with Crippen molar-refractivity contribution in [2.45, 2.75) is 19.5 Å². The summed E-state index contributed by atoms with van der Waals surface area (Å²) in [6.45, 7) is 0.250. The molecule has 0 atom stereocenters. The second-order valence-corrected chi connectivity index (χ2v) is 6.14. The first kappa shape index (κ1) is 19.2. The Balaban J connectivity index is 1.66. The number of amides is 1. The van der Waals surface area contributed by atoms with Crippen molar-refractivity contribution in [3.63, 3.8) is 0 Å². The van der Waals surface area contributed by atoms with E-state index in [4.69, 9.17) is 9.47 Å².